The Hall–Kier alpha value is -2.09. The highest BCUT2D eigenvalue weighted by Crippen LogP contribution is 2.18. The summed E-state index contributed by atoms with van der Waals surface area (Å²) >= 11 is 0. The molecule has 1 amide bonds. The first kappa shape index (κ1) is 18.3. The van der Waals surface area contributed by atoms with Crippen LogP contribution in [0.15, 0.2) is 59.6 Å². The highest BCUT2D eigenvalue weighted by molar-refractivity contribution is 14.0. The van der Waals surface area contributed by atoms with Crippen molar-refractivity contribution in [2.45, 2.75) is 13.0 Å². The van der Waals surface area contributed by atoms with E-state index < -0.39 is 0 Å². The van der Waals surface area contributed by atoms with E-state index in [4.69, 9.17) is 5.73 Å². The smallest absolute Gasteiger partial charge is 0.244 e. The zero-order chi connectivity index (χ0) is 16.1. The van der Waals surface area contributed by atoms with Gasteiger partial charge in [0, 0.05) is 18.8 Å². The van der Waals surface area contributed by atoms with Gasteiger partial charge in [0.15, 0.2) is 5.96 Å². The standard InChI is InChI=1S/C18H20N4O.HI/c19-18(21-16-8-2-1-3-9-16)20-12-17(23)22-11-10-14-6-4-5-7-15(14)13-22;/h1-9H,10-13H2,(H3,19,20,21);1H. The van der Waals surface area contributed by atoms with Gasteiger partial charge in [-0.15, -0.1) is 24.0 Å². The van der Waals surface area contributed by atoms with E-state index in [9.17, 15) is 4.79 Å². The average Bonchev–Trinajstić information content (AvgIpc) is 2.60. The molecule has 0 unspecified atom stereocenters. The zero-order valence-corrected chi connectivity index (χ0v) is 15.6. The second kappa shape index (κ2) is 8.68. The molecule has 5 nitrogen and oxygen atoms in total. The van der Waals surface area contributed by atoms with Gasteiger partial charge in [0.25, 0.3) is 0 Å². The maximum absolute atomic E-state index is 12.3. The van der Waals surface area contributed by atoms with Crippen LogP contribution in [0.5, 0.6) is 0 Å². The molecule has 0 saturated carbocycles. The Bertz CT molecular complexity index is 718. The van der Waals surface area contributed by atoms with Gasteiger partial charge < -0.3 is 16.0 Å². The Kier molecular flexibility index (Phi) is 6.60. The zero-order valence-electron chi connectivity index (χ0n) is 13.3. The molecular formula is C18H21IN4O. The molecule has 1 aliphatic rings. The molecule has 0 aromatic heterocycles. The Balaban J connectivity index is 0.00000208. The number of aliphatic imine (C=N–C) groups is 1. The number of amides is 1. The summed E-state index contributed by atoms with van der Waals surface area (Å²) in [5.41, 5.74) is 9.22. The summed E-state index contributed by atoms with van der Waals surface area (Å²) in [5, 5.41) is 2.97. The van der Waals surface area contributed by atoms with E-state index in [-0.39, 0.29) is 42.4 Å². The predicted molar refractivity (Wildman–Crippen MR) is 108 cm³/mol. The molecule has 3 N–H and O–H groups in total. The van der Waals surface area contributed by atoms with Crippen molar-refractivity contribution < 1.29 is 4.79 Å². The van der Waals surface area contributed by atoms with Crippen LogP contribution in [0.25, 0.3) is 0 Å². The number of guanidine groups is 1. The van der Waals surface area contributed by atoms with E-state index >= 15 is 0 Å². The van der Waals surface area contributed by atoms with Crippen LogP contribution in [0.2, 0.25) is 0 Å². The summed E-state index contributed by atoms with van der Waals surface area (Å²) in [5.74, 6) is 0.249. The molecule has 0 fully saturated rings. The molecule has 0 spiro atoms. The van der Waals surface area contributed by atoms with Crippen LogP contribution in [0.3, 0.4) is 0 Å². The minimum absolute atomic E-state index is 0. The molecule has 1 aliphatic heterocycles. The van der Waals surface area contributed by atoms with Gasteiger partial charge in [0.1, 0.15) is 6.54 Å². The lowest BCUT2D eigenvalue weighted by molar-refractivity contribution is -0.130. The Morgan fingerprint density at radius 1 is 1.08 bits per heavy atom. The van der Waals surface area contributed by atoms with Gasteiger partial charge in [-0.25, -0.2) is 4.99 Å². The number of fused-ring (bicyclic) bond motifs is 1. The molecule has 2 aromatic rings. The quantitative estimate of drug-likeness (QED) is 0.442. The van der Waals surface area contributed by atoms with Crippen molar-refractivity contribution in [2.75, 3.05) is 18.4 Å². The molecule has 3 rings (SSSR count). The minimum atomic E-state index is -0.00249. The Labute approximate surface area is 159 Å². The van der Waals surface area contributed by atoms with Crippen LogP contribution >= 0.6 is 24.0 Å². The second-order valence-corrected chi connectivity index (χ2v) is 5.53. The summed E-state index contributed by atoms with van der Waals surface area (Å²) in [6, 6.07) is 17.8. The second-order valence-electron chi connectivity index (χ2n) is 5.53. The molecule has 0 bridgehead atoms. The molecule has 0 saturated heterocycles. The third kappa shape index (κ3) is 4.70. The van der Waals surface area contributed by atoms with E-state index in [1.807, 2.05) is 47.4 Å². The molecule has 24 heavy (non-hydrogen) atoms. The molecule has 126 valence electrons. The first-order chi connectivity index (χ1) is 11.2. The van der Waals surface area contributed by atoms with Crippen molar-refractivity contribution in [1.29, 1.82) is 0 Å². The SMILES string of the molecule is I.NC(=NCC(=O)N1CCc2ccccc2C1)Nc1ccccc1. The fourth-order valence-electron chi connectivity index (χ4n) is 2.67. The summed E-state index contributed by atoms with van der Waals surface area (Å²) in [7, 11) is 0. The van der Waals surface area contributed by atoms with Crippen molar-refractivity contribution >= 4 is 41.5 Å². The number of hydrogen-bond donors (Lipinski definition) is 2. The fourth-order valence-corrected chi connectivity index (χ4v) is 2.67. The minimum Gasteiger partial charge on any atom is -0.370 e. The molecule has 0 aliphatic carbocycles. The van der Waals surface area contributed by atoms with Crippen molar-refractivity contribution in [3.05, 3.63) is 65.7 Å². The lowest BCUT2D eigenvalue weighted by Crippen LogP contribution is -2.38. The maximum atomic E-state index is 12.3. The molecule has 6 heteroatoms. The number of carbonyl (C=O) groups excluding carboxylic acids is 1. The van der Waals surface area contributed by atoms with E-state index in [0.717, 1.165) is 18.7 Å². The molecule has 0 atom stereocenters. The van der Waals surface area contributed by atoms with Crippen molar-refractivity contribution in [2.24, 2.45) is 10.7 Å². The number of para-hydroxylation sites is 1. The number of nitrogens with one attached hydrogen (secondary N) is 1. The van der Waals surface area contributed by atoms with Crippen molar-refractivity contribution in [3.8, 4) is 0 Å². The van der Waals surface area contributed by atoms with Crippen molar-refractivity contribution in [1.82, 2.24) is 4.90 Å². The monoisotopic (exact) mass is 436 g/mol. The van der Waals surface area contributed by atoms with Crippen LogP contribution in [-0.2, 0) is 17.8 Å². The van der Waals surface area contributed by atoms with Gasteiger partial charge >= 0.3 is 0 Å². The van der Waals surface area contributed by atoms with E-state index in [1.54, 1.807) is 0 Å². The first-order valence-corrected chi connectivity index (χ1v) is 7.69. The largest absolute Gasteiger partial charge is 0.370 e. The van der Waals surface area contributed by atoms with E-state index in [0.29, 0.717) is 6.54 Å². The number of carbonyl (C=O) groups is 1. The van der Waals surface area contributed by atoms with Gasteiger partial charge in [0.2, 0.25) is 5.91 Å². The number of benzene rings is 2. The molecule has 1 heterocycles. The number of hydrogen-bond acceptors (Lipinski definition) is 2. The van der Waals surface area contributed by atoms with Crippen LogP contribution in [0, 0.1) is 0 Å². The summed E-state index contributed by atoms with van der Waals surface area (Å²) < 4.78 is 0. The first-order valence-electron chi connectivity index (χ1n) is 7.69. The van der Waals surface area contributed by atoms with E-state index in [2.05, 4.69) is 22.4 Å². The molecular weight excluding hydrogens is 415 g/mol. The third-order valence-corrected chi connectivity index (χ3v) is 3.91. The van der Waals surface area contributed by atoms with Crippen LogP contribution in [0.4, 0.5) is 5.69 Å². The molecule has 2 aromatic carbocycles. The topological polar surface area (TPSA) is 70.7 Å². The summed E-state index contributed by atoms with van der Waals surface area (Å²) in [6.07, 6.45) is 0.892. The van der Waals surface area contributed by atoms with Crippen LogP contribution in [-0.4, -0.2) is 29.9 Å². The number of anilines is 1. The van der Waals surface area contributed by atoms with Gasteiger partial charge in [0.05, 0.1) is 0 Å². The number of nitrogens with zero attached hydrogens (tertiary/aromatic N) is 2. The Morgan fingerprint density at radius 3 is 2.50 bits per heavy atom. The van der Waals surface area contributed by atoms with Crippen LogP contribution in [0.1, 0.15) is 11.1 Å². The fraction of sp³-hybridized carbons (Fsp3) is 0.222. The van der Waals surface area contributed by atoms with Crippen LogP contribution < -0.4 is 11.1 Å². The average molecular weight is 436 g/mol. The highest BCUT2D eigenvalue weighted by atomic mass is 127. The lowest BCUT2D eigenvalue weighted by atomic mass is 10.00. The summed E-state index contributed by atoms with van der Waals surface area (Å²) in [6.45, 7) is 1.45. The summed E-state index contributed by atoms with van der Waals surface area (Å²) in [4.78, 5) is 18.3. The molecule has 0 radical (unpaired) electrons. The normalized spacial score (nSPS) is 13.7. The Morgan fingerprint density at radius 2 is 1.75 bits per heavy atom. The third-order valence-electron chi connectivity index (χ3n) is 3.91. The highest BCUT2D eigenvalue weighted by Gasteiger charge is 2.19. The lowest BCUT2D eigenvalue weighted by Gasteiger charge is -2.28. The number of nitrogens with two attached hydrogens (primary N) is 1. The van der Waals surface area contributed by atoms with Gasteiger partial charge in [-0.05, 0) is 29.7 Å². The predicted octanol–water partition coefficient (Wildman–Crippen LogP) is 2.62. The van der Waals surface area contributed by atoms with Gasteiger partial charge in [-0.2, -0.15) is 0 Å². The van der Waals surface area contributed by atoms with Crippen molar-refractivity contribution in [3.63, 3.8) is 0 Å². The van der Waals surface area contributed by atoms with Gasteiger partial charge in [-0.1, -0.05) is 42.5 Å². The maximum Gasteiger partial charge on any atom is 0.244 e. The number of halogens is 1. The number of rotatable bonds is 3. The van der Waals surface area contributed by atoms with E-state index in [1.165, 1.54) is 11.1 Å². The van der Waals surface area contributed by atoms with Gasteiger partial charge in [-0.3, -0.25) is 4.79 Å².